The van der Waals surface area contributed by atoms with Crippen molar-refractivity contribution in [3.63, 3.8) is 0 Å². The van der Waals surface area contributed by atoms with Crippen molar-refractivity contribution >= 4 is 12.2 Å². The number of rotatable bonds is 6. The molecule has 26 heavy (non-hydrogen) atoms. The normalized spacial score (nSPS) is 11.1. The van der Waals surface area contributed by atoms with E-state index in [2.05, 4.69) is 10.00 Å². The van der Waals surface area contributed by atoms with Crippen LogP contribution in [0.1, 0.15) is 5.56 Å². The number of aromatic nitrogens is 3. The molecule has 1 heterocycles. The van der Waals surface area contributed by atoms with Crippen molar-refractivity contribution in [2.24, 2.45) is 7.05 Å². The number of nitrogens with zero attached hydrogens (tertiary/aromatic N) is 4. The summed E-state index contributed by atoms with van der Waals surface area (Å²) in [5.41, 5.74) is 2.01. The van der Waals surface area contributed by atoms with E-state index in [0.29, 0.717) is 18.0 Å². The Morgan fingerprint density at radius 2 is 1.77 bits per heavy atom. The largest absolute Gasteiger partial charge is 0.497 e. The molecule has 5 nitrogen and oxygen atoms in total. The molecule has 0 spiro atoms. The Balaban J connectivity index is 1.78. The van der Waals surface area contributed by atoms with Gasteiger partial charge in [-0.25, -0.2) is 9.07 Å². The van der Waals surface area contributed by atoms with E-state index >= 15 is 0 Å². The summed E-state index contributed by atoms with van der Waals surface area (Å²) < 4.78 is 22.5. The summed E-state index contributed by atoms with van der Waals surface area (Å²) in [6.07, 6.45) is 0. The molecule has 0 aliphatic heterocycles. The van der Waals surface area contributed by atoms with E-state index in [0.717, 1.165) is 22.7 Å². The lowest BCUT2D eigenvalue weighted by Crippen LogP contribution is -2.22. The molecule has 0 amide bonds. The fourth-order valence-corrected chi connectivity index (χ4v) is 2.94. The maximum absolute atomic E-state index is 13.0. The SMILES string of the molecule is COc1ccc(-c2nn(CN(C)Cc3ccc(F)cc3)c(=S)n2C)cc1. The quantitative estimate of drug-likeness (QED) is 0.616. The topological polar surface area (TPSA) is 35.2 Å². The van der Waals surface area contributed by atoms with Crippen LogP contribution in [0.4, 0.5) is 4.39 Å². The van der Waals surface area contributed by atoms with Crippen molar-refractivity contribution < 1.29 is 9.13 Å². The summed E-state index contributed by atoms with van der Waals surface area (Å²) in [5.74, 6) is 1.37. The molecule has 136 valence electrons. The van der Waals surface area contributed by atoms with Crippen molar-refractivity contribution in [1.82, 2.24) is 19.2 Å². The van der Waals surface area contributed by atoms with Crippen LogP contribution >= 0.6 is 12.2 Å². The average Bonchev–Trinajstić information content (AvgIpc) is 2.92. The first-order chi connectivity index (χ1) is 12.5. The molecule has 0 saturated carbocycles. The van der Waals surface area contributed by atoms with E-state index in [9.17, 15) is 4.39 Å². The fraction of sp³-hybridized carbons (Fsp3) is 0.263. The van der Waals surface area contributed by atoms with Crippen molar-refractivity contribution in [2.75, 3.05) is 14.2 Å². The maximum Gasteiger partial charge on any atom is 0.199 e. The summed E-state index contributed by atoms with van der Waals surface area (Å²) in [4.78, 5) is 2.08. The minimum Gasteiger partial charge on any atom is -0.497 e. The summed E-state index contributed by atoms with van der Waals surface area (Å²) >= 11 is 5.53. The van der Waals surface area contributed by atoms with E-state index in [1.807, 2.05) is 42.9 Å². The van der Waals surface area contributed by atoms with Crippen LogP contribution in [0.15, 0.2) is 48.5 Å². The molecular formula is C19H21FN4OS. The lowest BCUT2D eigenvalue weighted by atomic mass is 10.2. The first-order valence-electron chi connectivity index (χ1n) is 8.19. The summed E-state index contributed by atoms with van der Waals surface area (Å²) in [5, 5.41) is 4.66. The summed E-state index contributed by atoms with van der Waals surface area (Å²) in [6.45, 7) is 1.22. The zero-order chi connectivity index (χ0) is 18.7. The van der Waals surface area contributed by atoms with Crippen LogP contribution in [0.3, 0.4) is 0 Å². The molecule has 0 fully saturated rings. The lowest BCUT2D eigenvalue weighted by Gasteiger charge is -2.16. The van der Waals surface area contributed by atoms with Crippen LogP contribution in [0, 0.1) is 10.6 Å². The highest BCUT2D eigenvalue weighted by Gasteiger charge is 2.12. The van der Waals surface area contributed by atoms with Crippen LogP contribution in [0.5, 0.6) is 5.75 Å². The Hall–Kier alpha value is -2.51. The third-order valence-corrected chi connectivity index (χ3v) is 4.61. The van der Waals surface area contributed by atoms with Gasteiger partial charge in [-0.1, -0.05) is 12.1 Å². The Morgan fingerprint density at radius 3 is 2.38 bits per heavy atom. The average molecular weight is 372 g/mol. The smallest absolute Gasteiger partial charge is 0.199 e. The third-order valence-electron chi connectivity index (χ3n) is 4.13. The van der Waals surface area contributed by atoms with Crippen LogP contribution < -0.4 is 4.74 Å². The predicted molar refractivity (Wildman–Crippen MR) is 102 cm³/mol. The molecule has 0 aliphatic rings. The molecule has 1 aromatic heterocycles. The monoisotopic (exact) mass is 372 g/mol. The number of hydrogen-bond acceptors (Lipinski definition) is 4. The van der Waals surface area contributed by atoms with Crippen LogP contribution in [-0.4, -0.2) is 33.4 Å². The molecule has 3 rings (SSSR count). The van der Waals surface area contributed by atoms with Crippen molar-refractivity contribution in [1.29, 1.82) is 0 Å². The van der Waals surface area contributed by atoms with Crippen molar-refractivity contribution in [2.45, 2.75) is 13.2 Å². The molecule has 0 atom stereocenters. The maximum atomic E-state index is 13.0. The first kappa shape index (κ1) is 18.3. The van der Waals surface area contributed by atoms with E-state index < -0.39 is 0 Å². The van der Waals surface area contributed by atoms with Crippen LogP contribution in [0.25, 0.3) is 11.4 Å². The van der Waals surface area contributed by atoms with Gasteiger partial charge in [0.2, 0.25) is 0 Å². The standard InChI is InChI=1S/C19H21FN4OS/c1-22(12-14-4-8-16(20)9-5-14)13-24-19(26)23(2)18(21-24)15-6-10-17(25-3)11-7-15/h4-11H,12-13H2,1-3H3. The molecule has 7 heteroatoms. The van der Waals surface area contributed by atoms with Gasteiger partial charge in [-0.15, -0.1) is 0 Å². The first-order valence-corrected chi connectivity index (χ1v) is 8.60. The highest BCUT2D eigenvalue weighted by atomic mass is 32.1. The molecule has 0 N–H and O–H groups in total. The molecule has 0 radical (unpaired) electrons. The minimum atomic E-state index is -0.229. The number of benzene rings is 2. The molecule has 0 aliphatic carbocycles. The van der Waals surface area contributed by atoms with Gasteiger partial charge < -0.3 is 9.30 Å². The number of methoxy groups -OCH3 is 1. The highest BCUT2D eigenvalue weighted by molar-refractivity contribution is 7.71. The Labute approximate surface area is 157 Å². The molecule has 0 unspecified atom stereocenters. The molecular weight excluding hydrogens is 351 g/mol. The number of ether oxygens (including phenoxy) is 1. The van der Waals surface area contributed by atoms with Crippen LogP contribution in [-0.2, 0) is 20.3 Å². The Kier molecular flexibility index (Phi) is 5.49. The van der Waals surface area contributed by atoms with Crippen molar-refractivity contribution in [3.8, 4) is 17.1 Å². The van der Waals surface area contributed by atoms with Gasteiger partial charge in [-0.2, -0.15) is 5.10 Å². The van der Waals surface area contributed by atoms with Gasteiger partial charge in [-0.05, 0) is 61.2 Å². The second-order valence-corrected chi connectivity index (χ2v) is 6.54. The van der Waals surface area contributed by atoms with Gasteiger partial charge >= 0.3 is 0 Å². The summed E-state index contributed by atoms with van der Waals surface area (Å²) in [7, 11) is 5.53. The lowest BCUT2D eigenvalue weighted by molar-refractivity contribution is 0.244. The van der Waals surface area contributed by atoms with Gasteiger partial charge in [0.1, 0.15) is 11.6 Å². The predicted octanol–water partition coefficient (Wildman–Crippen LogP) is 3.86. The van der Waals surface area contributed by atoms with E-state index in [4.69, 9.17) is 17.0 Å². The van der Waals surface area contributed by atoms with Gasteiger partial charge in [-0.3, -0.25) is 4.90 Å². The van der Waals surface area contributed by atoms with Gasteiger partial charge in [0.25, 0.3) is 0 Å². The molecule has 3 aromatic rings. The van der Waals surface area contributed by atoms with Crippen LogP contribution in [0.2, 0.25) is 0 Å². The van der Waals surface area contributed by atoms with Gasteiger partial charge in [0.05, 0.1) is 13.8 Å². The zero-order valence-corrected chi connectivity index (χ0v) is 15.8. The van der Waals surface area contributed by atoms with Gasteiger partial charge in [0, 0.05) is 19.2 Å². The van der Waals surface area contributed by atoms with Crippen molar-refractivity contribution in [3.05, 3.63) is 64.7 Å². The minimum absolute atomic E-state index is 0.229. The summed E-state index contributed by atoms with van der Waals surface area (Å²) in [6, 6.07) is 14.2. The van der Waals surface area contributed by atoms with E-state index in [1.54, 1.807) is 23.9 Å². The highest BCUT2D eigenvalue weighted by Crippen LogP contribution is 2.21. The number of halogens is 1. The second-order valence-electron chi connectivity index (χ2n) is 6.18. The zero-order valence-electron chi connectivity index (χ0n) is 15.0. The fourth-order valence-electron chi connectivity index (χ4n) is 2.75. The second kappa shape index (κ2) is 7.80. The number of hydrogen-bond donors (Lipinski definition) is 0. The van der Waals surface area contributed by atoms with Gasteiger partial charge in [0.15, 0.2) is 10.6 Å². The van der Waals surface area contributed by atoms with E-state index in [-0.39, 0.29) is 5.82 Å². The Bertz CT molecular complexity index is 932. The molecule has 0 saturated heterocycles. The van der Waals surface area contributed by atoms with E-state index in [1.165, 1.54) is 12.1 Å². The molecule has 2 aromatic carbocycles. The third kappa shape index (κ3) is 4.00. The molecule has 0 bridgehead atoms. The Morgan fingerprint density at radius 1 is 1.12 bits per heavy atom.